The summed E-state index contributed by atoms with van der Waals surface area (Å²) in [6.45, 7) is 6.30. The molecular formula is C20H22BrN5. The van der Waals surface area contributed by atoms with Crippen LogP contribution in [0.5, 0.6) is 0 Å². The number of hydrogen-bond acceptors (Lipinski definition) is 5. The molecule has 1 aromatic carbocycles. The fourth-order valence-corrected chi connectivity index (χ4v) is 2.79. The fourth-order valence-electron chi connectivity index (χ4n) is 2.42. The van der Waals surface area contributed by atoms with Gasteiger partial charge in [-0.05, 0) is 50.1 Å². The number of pyridine rings is 1. The number of benzene rings is 1. The number of nitrogens with zero attached hydrogens (tertiary/aromatic N) is 3. The Hall–Kier alpha value is -2.47. The van der Waals surface area contributed by atoms with Crippen LogP contribution in [-0.2, 0) is 0 Å². The molecule has 2 heterocycles. The summed E-state index contributed by atoms with van der Waals surface area (Å²) < 4.78 is 1.06. The second-order valence-corrected chi connectivity index (χ2v) is 7.02. The van der Waals surface area contributed by atoms with Crippen LogP contribution in [0.3, 0.4) is 0 Å². The van der Waals surface area contributed by atoms with Gasteiger partial charge in [-0.3, -0.25) is 4.98 Å². The average Bonchev–Trinajstić information content (AvgIpc) is 2.66. The summed E-state index contributed by atoms with van der Waals surface area (Å²) in [6, 6.07) is 14.1. The molecule has 3 rings (SSSR count). The van der Waals surface area contributed by atoms with Crippen molar-refractivity contribution < 1.29 is 0 Å². The van der Waals surface area contributed by atoms with Crippen LogP contribution in [0.1, 0.15) is 25.8 Å². The van der Waals surface area contributed by atoms with Gasteiger partial charge in [0.2, 0.25) is 5.95 Å². The molecule has 0 aliphatic heterocycles. The molecule has 3 aromatic rings. The van der Waals surface area contributed by atoms with Gasteiger partial charge < -0.3 is 10.6 Å². The molecule has 2 N–H and O–H groups in total. The highest BCUT2D eigenvalue weighted by Crippen LogP contribution is 2.28. The summed E-state index contributed by atoms with van der Waals surface area (Å²) in [4.78, 5) is 13.7. The van der Waals surface area contributed by atoms with Crippen LogP contribution in [0.4, 0.5) is 17.5 Å². The van der Waals surface area contributed by atoms with Gasteiger partial charge >= 0.3 is 0 Å². The van der Waals surface area contributed by atoms with E-state index in [0.29, 0.717) is 5.95 Å². The van der Waals surface area contributed by atoms with E-state index in [1.807, 2.05) is 42.5 Å². The van der Waals surface area contributed by atoms with Gasteiger partial charge in [0.25, 0.3) is 0 Å². The first-order chi connectivity index (χ1) is 12.6. The molecule has 0 unspecified atom stereocenters. The lowest BCUT2D eigenvalue weighted by Crippen LogP contribution is -2.16. The van der Waals surface area contributed by atoms with Crippen LogP contribution in [0.15, 0.2) is 53.1 Å². The summed E-state index contributed by atoms with van der Waals surface area (Å²) in [5, 5.41) is 6.76. The van der Waals surface area contributed by atoms with Gasteiger partial charge in [-0.15, -0.1) is 0 Å². The van der Waals surface area contributed by atoms with E-state index in [-0.39, 0.29) is 6.04 Å². The zero-order valence-electron chi connectivity index (χ0n) is 15.1. The van der Waals surface area contributed by atoms with E-state index in [1.165, 1.54) is 0 Å². The zero-order valence-corrected chi connectivity index (χ0v) is 16.7. The van der Waals surface area contributed by atoms with Crippen LogP contribution in [0.25, 0.3) is 11.4 Å². The van der Waals surface area contributed by atoms with Gasteiger partial charge in [-0.25, -0.2) is 4.98 Å². The number of halogens is 1. The van der Waals surface area contributed by atoms with E-state index in [2.05, 4.69) is 62.3 Å². The molecule has 0 saturated heterocycles. The minimum absolute atomic E-state index is 0.287. The second-order valence-electron chi connectivity index (χ2n) is 6.17. The predicted molar refractivity (Wildman–Crippen MR) is 111 cm³/mol. The van der Waals surface area contributed by atoms with Gasteiger partial charge in [0.05, 0.1) is 11.4 Å². The quantitative estimate of drug-likeness (QED) is 0.555. The molecule has 0 bridgehead atoms. The summed E-state index contributed by atoms with van der Waals surface area (Å²) in [5.74, 6) is 1.32. The lowest BCUT2D eigenvalue weighted by atomic mass is 10.2. The Kier molecular flexibility index (Phi) is 5.83. The van der Waals surface area contributed by atoms with Gasteiger partial charge in [-0.1, -0.05) is 35.0 Å². The number of rotatable bonds is 6. The predicted octanol–water partition coefficient (Wildman–Crippen LogP) is 5.56. The minimum atomic E-state index is 0.287. The van der Waals surface area contributed by atoms with Gasteiger partial charge in [0.15, 0.2) is 0 Å². The van der Waals surface area contributed by atoms with Crippen molar-refractivity contribution in [1.29, 1.82) is 0 Å². The third-order valence-corrected chi connectivity index (χ3v) is 5.03. The van der Waals surface area contributed by atoms with Crippen molar-refractivity contribution in [2.24, 2.45) is 0 Å². The average molecular weight is 412 g/mol. The monoisotopic (exact) mass is 411 g/mol. The zero-order chi connectivity index (χ0) is 18.5. The second kappa shape index (κ2) is 8.27. The first-order valence-electron chi connectivity index (χ1n) is 8.66. The van der Waals surface area contributed by atoms with Crippen molar-refractivity contribution in [3.8, 4) is 11.4 Å². The smallest absolute Gasteiger partial charge is 0.225 e. The van der Waals surface area contributed by atoms with Crippen molar-refractivity contribution >= 4 is 33.4 Å². The maximum atomic E-state index is 4.64. The number of nitrogens with one attached hydrogen (secondary N) is 2. The van der Waals surface area contributed by atoms with Crippen LogP contribution >= 0.6 is 15.9 Å². The Morgan fingerprint density at radius 3 is 2.65 bits per heavy atom. The molecule has 1 atom stereocenters. The summed E-state index contributed by atoms with van der Waals surface area (Å²) in [5.41, 5.74) is 3.72. The minimum Gasteiger partial charge on any atom is -0.352 e. The molecule has 2 aromatic heterocycles. The Bertz CT molecular complexity index is 883. The molecule has 0 radical (unpaired) electrons. The van der Waals surface area contributed by atoms with Gasteiger partial charge in [-0.2, -0.15) is 4.98 Å². The van der Waals surface area contributed by atoms with E-state index in [0.717, 1.165) is 39.4 Å². The van der Waals surface area contributed by atoms with E-state index < -0.39 is 0 Å². The highest BCUT2D eigenvalue weighted by molar-refractivity contribution is 9.10. The highest BCUT2D eigenvalue weighted by Gasteiger charge is 2.11. The maximum absolute atomic E-state index is 4.64. The Morgan fingerprint density at radius 2 is 1.92 bits per heavy atom. The van der Waals surface area contributed by atoms with E-state index in [9.17, 15) is 0 Å². The molecule has 0 aliphatic rings. The molecule has 6 heteroatoms. The first kappa shape index (κ1) is 18.3. The van der Waals surface area contributed by atoms with Crippen molar-refractivity contribution in [1.82, 2.24) is 15.0 Å². The normalized spacial score (nSPS) is 11.8. The molecule has 0 aliphatic carbocycles. The Morgan fingerprint density at radius 1 is 1.08 bits per heavy atom. The molecule has 0 saturated carbocycles. The van der Waals surface area contributed by atoms with Gasteiger partial charge in [0, 0.05) is 28.5 Å². The summed E-state index contributed by atoms with van der Waals surface area (Å²) in [6.07, 6.45) is 2.76. The van der Waals surface area contributed by atoms with Crippen molar-refractivity contribution in [2.45, 2.75) is 33.2 Å². The third-order valence-electron chi connectivity index (χ3n) is 4.17. The van der Waals surface area contributed by atoms with Crippen molar-refractivity contribution in [3.05, 3.63) is 58.7 Å². The molecule has 0 fully saturated rings. The summed E-state index contributed by atoms with van der Waals surface area (Å²) >= 11 is 3.57. The number of aromatic nitrogens is 3. The topological polar surface area (TPSA) is 62.7 Å². The van der Waals surface area contributed by atoms with Crippen LogP contribution in [0.2, 0.25) is 0 Å². The van der Waals surface area contributed by atoms with Crippen LogP contribution < -0.4 is 10.6 Å². The fraction of sp³-hybridized carbons (Fsp3) is 0.250. The van der Waals surface area contributed by atoms with Crippen LogP contribution in [0, 0.1) is 6.92 Å². The van der Waals surface area contributed by atoms with E-state index in [1.54, 1.807) is 6.20 Å². The van der Waals surface area contributed by atoms with Crippen LogP contribution in [-0.4, -0.2) is 21.0 Å². The maximum Gasteiger partial charge on any atom is 0.225 e. The van der Waals surface area contributed by atoms with Gasteiger partial charge in [0.1, 0.15) is 5.82 Å². The SMILES string of the molecule is CC[C@@H](C)Nc1nc(Nc2cccc(Br)c2C)cc(-c2ccccn2)n1. The number of hydrogen-bond donors (Lipinski definition) is 2. The molecule has 5 nitrogen and oxygen atoms in total. The Balaban J connectivity index is 2.00. The Labute approximate surface area is 162 Å². The lowest BCUT2D eigenvalue weighted by molar-refractivity contribution is 0.753. The standard InChI is InChI=1S/C20H22BrN5/c1-4-13(2)23-20-25-18(17-9-5-6-11-22-17)12-19(26-20)24-16-10-7-8-15(21)14(16)3/h5-13H,4H2,1-3H3,(H2,23,24,25,26)/t13-/m1/s1. The van der Waals surface area contributed by atoms with Crippen molar-refractivity contribution in [3.63, 3.8) is 0 Å². The third kappa shape index (κ3) is 4.38. The number of anilines is 3. The molecular weight excluding hydrogens is 390 g/mol. The van der Waals surface area contributed by atoms with E-state index in [4.69, 9.17) is 0 Å². The van der Waals surface area contributed by atoms with Crippen molar-refractivity contribution in [2.75, 3.05) is 10.6 Å². The highest BCUT2D eigenvalue weighted by atomic mass is 79.9. The first-order valence-corrected chi connectivity index (χ1v) is 9.45. The molecule has 0 amide bonds. The molecule has 134 valence electrons. The van der Waals surface area contributed by atoms with E-state index >= 15 is 0 Å². The molecule has 26 heavy (non-hydrogen) atoms. The lowest BCUT2D eigenvalue weighted by Gasteiger charge is -2.15. The molecule has 0 spiro atoms. The summed E-state index contributed by atoms with van der Waals surface area (Å²) in [7, 11) is 0. The largest absolute Gasteiger partial charge is 0.352 e.